The molecule has 1 aromatic heterocycles. The lowest BCUT2D eigenvalue weighted by atomic mass is 10.1. The van der Waals surface area contributed by atoms with E-state index in [1.165, 1.54) is 0 Å². The molecule has 5 heteroatoms. The van der Waals surface area contributed by atoms with Gasteiger partial charge in [-0.05, 0) is 33.7 Å². The summed E-state index contributed by atoms with van der Waals surface area (Å²) >= 11 is 0. The van der Waals surface area contributed by atoms with Crippen LogP contribution in [-0.4, -0.2) is 35.8 Å². The number of hydrogen-bond acceptors (Lipinski definition) is 5. The molecule has 0 aliphatic heterocycles. The number of ether oxygens (including phenoxy) is 2. The molecule has 1 rings (SSSR count). The van der Waals surface area contributed by atoms with Gasteiger partial charge in [-0.25, -0.2) is 9.97 Å². The average molecular weight is 281 g/mol. The van der Waals surface area contributed by atoms with Gasteiger partial charge in [0, 0.05) is 37.5 Å². The van der Waals surface area contributed by atoms with Crippen LogP contribution < -0.4 is 10.1 Å². The zero-order valence-electron chi connectivity index (χ0n) is 13.3. The third kappa shape index (κ3) is 5.84. The van der Waals surface area contributed by atoms with Crippen molar-refractivity contribution in [2.24, 2.45) is 0 Å². The molecule has 0 aliphatic rings. The summed E-state index contributed by atoms with van der Waals surface area (Å²) in [4.78, 5) is 8.63. The highest BCUT2D eigenvalue weighted by atomic mass is 16.5. The van der Waals surface area contributed by atoms with Crippen LogP contribution in [0.5, 0.6) is 6.01 Å². The van der Waals surface area contributed by atoms with Crippen LogP contribution in [0.4, 0.5) is 0 Å². The van der Waals surface area contributed by atoms with Gasteiger partial charge in [-0.2, -0.15) is 0 Å². The topological polar surface area (TPSA) is 56.3 Å². The first-order chi connectivity index (χ1) is 9.48. The molecule has 0 atom stereocenters. The lowest BCUT2D eigenvalue weighted by Gasteiger charge is -2.22. The number of rotatable bonds is 9. The monoisotopic (exact) mass is 281 g/mol. The van der Waals surface area contributed by atoms with Gasteiger partial charge in [0.15, 0.2) is 0 Å². The summed E-state index contributed by atoms with van der Waals surface area (Å²) < 4.78 is 10.9. The van der Waals surface area contributed by atoms with Crippen molar-refractivity contribution in [2.75, 3.05) is 20.3 Å². The summed E-state index contributed by atoms with van der Waals surface area (Å²) in [6.45, 7) is 10.6. The second kappa shape index (κ2) is 8.17. The Morgan fingerprint density at radius 1 is 1.35 bits per heavy atom. The van der Waals surface area contributed by atoms with Gasteiger partial charge in [0.05, 0.1) is 12.2 Å². The molecular weight excluding hydrogens is 254 g/mol. The van der Waals surface area contributed by atoms with Crippen molar-refractivity contribution >= 4 is 0 Å². The Balaban J connectivity index is 2.46. The molecule has 5 nitrogen and oxygen atoms in total. The maximum Gasteiger partial charge on any atom is 0.316 e. The largest absolute Gasteiger partial charge is 0.463 e. The normalized spacial score (nSPS) is 11.7. The molecule has 0 radical (unpaired) electrons. The van der Waals surface area contributed by atoms with Gasteiger partial charge in [-0.3, -0.25) is 0 Å². The van der Waals surface area contributed by atoms with E-state index in [1.54, 1.807) is 7.11 Å². The number of aromatic nitrogens is 2. The van der Waals surface area contributed by atoms with E-state index in [0.717, 1.165) is 37.2 Å². The van der Waals surface area contributed by atoms with Crippen molar-refractivity contribution in [1.29, 1.82) is 0 Å². The van der Waals surface area contributed by atoms with Crippen LogP contribution in [0.25, 0.3) is 0 Å². The number of aryl methyl sites for hydroxylation is 1. The highest BCUT2D eigenvalue weighted by Gasteiger charge is 2.16. The van der Waals surface area contributed by atoms with Crippen LogP contribution in [0, 0.1) is 6.92 Å². The van der Waals surface area contributed by atoms with Gasteiger partial charge in [-0.15, -0.1) is 0 Å². The molecule has 0 saturated heterocycles. The van der Waals surface area contributed by atoms with Gasteiger partial charge in [0.25, 0.3) is 0 Å². The van der Waals surface area contributed by atoms with Crippen LogP contribution in [-0.2, 0) is 11.3 Å². The van der Waals surface area contributed by atoms with Gasteiger partial charge in [0.1, 0.15) is 0 Å². The van der Waals surface area contributed by atoms with E-state index >= 15 is 0 Å². The van der Waals surface area contributed by atoms with Crippen LogP contribution >= 0.6 is 0 Å². The van der Waals surface area contributed by atoms with E-state index in [0.29, 0.717) is 12.6 Å². The molecule has 20 heavy (non-hydrogen) atoms. The van der Waals surface area contributed by atoms with Gasteiger partial charge in [-0.1, -0.05) is 6.92 Å². The predicted octanol–water partition coefficient (Wildman–Crippen LogP) is 2.48. The highest BCUT2D eigenvalue weighted by molar-refractivity contribution is 5.17. The summed E-state index contributed by atoms with van der Waals surface area (Å²) in [6, 6.07) is 0.439. The molecule has 0 spiro atoms. The summed E-state index contributed by atoms with van der Waals surface area (Å²) in [5.74, 6) is 0. The number of methoxy groups -OCH3 is 1. The first kappa shape index (κ1) is 16.9. The van der Waals surface area contributed by atoms with Crippen LogP contribution in [0.1, 0.15) is 44.9 Å². The predicted molar refractivity (Wildman–Crippen MR) is 80.0 cm³/mol. The fraction of sp³-hybridized carbons (Fsp3) is 0.733. The van der Waals surface area contributed by atoms with Crippen molar-refractivity contribution in [2.45, 2.75) is 52.7 Å². The molecule has 1 heterocycles. The van der Waals surface area contributed by atoms with Crippen molar-refractivity contribution < 1.29 is 9.47 Å². The summed E-state index contributed by atoms with van der Waals surface area (Å²) in [5, 5.41) is 3.34. The Bertz CT molecular complexity index is 408. The lowest BCUT2D eigenvalue weighted by molar-refractivity contribution is 0.00465. The highest BCUT2D eigenvalue weighted by Crippen LogP contribution is 2.14. The molecule has 0 aliphatic carbocycles. The van der Waals surface area contributed by atoms with E-state index in [-0.39, 0.29) is 5.60 Å². The first-order valence-electron chi connectivity index (χ1n) is 7.19. The second-order valence-corrected chi connectivity index (χ2v) is 5.50. The third-order valence-electron chi connectivity index (χ3n) is 3.29. The van der Waals surface area contributed by atoms with E-state index in [9.17, 15) is 0 Å². The number of nitrogens with zero attached hydrogens (tertiary/aromatic N) is 2. The first-order valence-corrected chi connectivity index (χ1v) is 7.19. The van der Waals surface area contributed by atoms with E-state index in [4.69, 9.17) is 9.47 Å². The standard InChI is InChI=1S/C15H27N3O2/c1-6-8-16-10-13-11-17-14(18-12(13)2)20-9-7-15(3,4)19-5/h11,16H,6-10H2,1-5H3. The molecule has 0 bridgehead atoms. The molecule has 0 saturated carbocycles. The van der Waals surface area contributed by atoms with Crippen LogP contribution in [0.3, 0.4) is 0 Å². The zero-order chi connectivity index (χ0) is 15.0. The van der Waals surface area contributed by atoms with Gasteiger partial charge < -0.3 is 14.8 Å². The Morgan fingerprint density at radius 3 is 2.70 bits per heavy atom. The SMILES string of the molecule is CCCNCc1cnc(OCCC(C)(C)OC)nc1C. The summed E-state index contributed by atoms with van der Waals surface area (Å²) in [6.07, 6.45) is 3.75. The molecular formula is C15H27N3O2. The maximum absolute atomic E-state index is 5.58. The molecule has 0 aromatic carbocycles. The van der Waals surface area contributed by atoms with E-state index in [2.05, 4.69) is 22.2 Å². The zero-order valence-corrected chi connectivity index (χ0v) is 13.3. The van der Waals surface area contributed by atoms with Gasteiger partial charge in [0.2, 0.25) is 0 Å². The number of hydrogen-bond donors (Lipinski definition) is 1. The molecule has 1 N–H and O–H groups in total. The van der Waals surface area contributed by atoms with Gasteiger partial charge >= 0.3 is 6.01 Å². The number of nitrogens with one attached hydrogen (secondary N) is 1. The minimum atomic E-state index is -0.181. The summed E-state index contributed by atoms with van der Waals surface area (Å²) in [7, 11) is 1.71. The fourth-order valence-electron chi connectivity index (χ4n) is 1.60. The van der Waals surface area contributed by atoms with E-state index < -0.39 is 0 Å². The average Bonchev–Trinajstić information content (AvgIpc) is 2.41. The van der Waals surface area contributed by atoms with Crippen molar-refractivity contribution in [3.8, 4) is 6.01 Å². The van der Waals surface area contributed by atoms with E-state index in [1.807, 2.05) is 27.0 Å². The Kier molecular flexibility index (Phi) is 6.88. The lowest BCUT2D eigenvalue weighted by Crippen LogP contribution is -2.25. The van der Waals surface area contributed by atoms with Crippen molar-refractivity contribution in [1.82, 2.24) is 15.3 Å². The van der Waals surface area contributed by atoms with Crippen molar-refractivity contribution in [3.63, 3.8) is 0 Å². The maximum atomic E-state index is 5.58. The van der Waals surface area contributed by atoms with Crippen LogP contribution in [0.2, 0.25) is 0 Å². The molecule has 0 fully saturated rings. The minimum absolute atomic E-state index is 0.181. The quantitative estimate of drug-likeness (QED) is 0.705. The Labute approximate surface area is 122 Å². The molecule has 1 aromatic rings. The summed E-state index contributed by atoms with van der Waals surface area (Å²) in [5.41, 5.74) is 1.90. The van der Waals surface area contributed by atoms with Crippen molar-refractivity contribution in [3.05, 3.63) is 17.5 Å². The molecule has 0 unspecified atom stereocenters. The Morgan fingerprint density at radius 2 is 2.10 bits per heavy atom. The fourth-order valence-corrected chi connectivity index (χ4v) is 1.60. The molecule has 0 amide bonds. The molecule has 114 valence electrons. The van der Waals surface area contributed by atoms with Crippen LogP contribution in [0.15, 0.2) is 6.20 Å². The third-order valence-corrected chi connectivity index (χ3v) is 3.29. The Hall–Kier alpha value is -1.20. The second-order valence-electron chi connectivity index (χ2n) is 5.50. The minimum Gasteiger partial charge on any atom is -0.463 e. The smallest absolute Gasteiger partial charge is 0.316 e.